The fraction of sp³-hybridized carbons (Fsp3) is 0.167. The molecule has 2 aromatic carbocycles. The van der Waals surface area contributed by atoms with Crippen molar-refractivity contribution in [2.45, 2.75) is 18.9 Å². The average Bonchev–Trinajstić information content (AvgIpc) is 3.45. The van der Waals surface area contributed by atoms with E-state index in [1.807, 2.05) is 48.0 Å². The minimum atomic E-state index is -0.718. The molecule has 0 bridgehead atoms. The smallest absolute Gasteiger partial charge is 0.262 e. The molecule has 2 aromatic heterocycles. The van der Waals surface area contributed by atoms with Crippen molar-refractivity contribution in [3.05, 3.63) is 92.2 Å². The number of fused-ring (bicyclic) bond motifs is 1. The van der Waals surface area contributed by atoms with Crippen LogP contribution >= 0.6 is 34.5 Å². The summed E-state index contributed by atoms with van der Waals surface area (Å²) < 4.78 is 0. The van der Waals surface area contributed by atoms with Gasteiger partial charge >= 0.3 is 0 Å². The summed E-state index contributed by atoms with van der Waals surface area (Å²) in [5.74, 6) is -0.508. The number of carbonyl (C=O) groups is 2. The van der Waals surface area contributed by atoms with Gasteiger partial charge in [-0.25, -0.2) is 0 Å². The van der Waals surface area contributed by atoms with Crippen LogP contribution in [-0.4, -0.2) is 29.4 Å². The van der Waals surface area contributed by atoms with E-state index in [-0.39, 0.29) is 11.8 Å². The summed E-state index contributed by atoms with van der Waals surface area (Å²) in [5, 5.41) is 9.82. The Morgan fingerprint density at radius 2 is 1.88 bits per heavy atom. The summed E-state index contributed by atoms with van der Waals surface area (Å²) in [6.07, 6.45) is 2.81. The van der Waals surface area contributed by atoms with Gasteiger partial charge in [-0.1, -0.05) is 53.5 Å². The van der Waals surface area contributed by atoms with E-state index in [2.05, 4.69) is 15.6 Å². The lowest BCUT2D eigenvalue weighted by Crippen LogP contribution is -2.48. The zero-order valence-electron chi connectivity index (χ0n) is 17.0. The third-order valence-corrected chi connectivity index (χ3v) is 6.63. The number of aromatic nitrogens is 1. The van der Waals surface area contributed by atoms with E-state index in [1.54, 1.807) is 18.2 Å². The molecule has 1 unspecified atom stereocenters. The zero-order valence-corrected chi connectivity index (χ0v) is 19.4. The SMILES string of the molecule is O=C(NC(Cc1c[nH]c2ccccc12)C(=O)NCCc1ccc(Cl)cc1Cl)c1cccs1. The molecule has 4 rings (SSSR count). The molecular formula is C24H21Cl2N3O2S. The molecule has 2 heterocycles. The number of thiophene rings is 1. The van der Waals surface area contributed by atoms with Gasteiger partial charge in [-0.3, -0.25) is 9.59 Å². The van der Waals surface area contributed by atoms with Crippen LogP contribution in [0.4, 0.5) is 0 Å². The topological polar surface area (TPSA) is 74.0 Å². The summed E-state index contributed by atoms with van der Waals surface area (Å²) in [5.41, 5.74) is 2.85. The van der Waals surface area contributed by atoms with Crippen LogP contribution in [0.5, 0.6) is 0 Å². The third kappa shape index (κ3) is 5.33. The highest BCUT2D eigenvalue weighted by molar-refractivity contribution is 7.12. The Morgan fingerprint density at radius 1 is 1.03 bits per heavy atom. The van der Waals surface area contributed by atoms with E-state index >= 15 is 0 Å². The van der Waals surface area contributed by atoms with Crippen molar-refractivity contribution in [3.8, 4) is 0 Å². The van der Waals surface area contributed by atoms with Crippen molar-refractivity contribution in [2.75, 3.05) is 6.54 Å². The second-order valence-electron chi connectivity index (χ2n) is 7.34. The predicted octanol–water partition coefficient (Wildman–Crippen LogP) is 5.24. The number of aromatic amines is 1. The number of hydrogen-bond acceptors (Lipinski definition) is 3. The second-order valence-corrected chi connectivity index (χ2v) is 9.14. The maximum absolute atomic E-state index is 13.1. The van der Waals surface area contributed by atoms with Gasteiger partial charge in [-0.05, 0) is 47.2 Å². The Hall–Kier alpha value is -2.80. The molecule has 2 amide bonds. The first-order valence-corrected chi connectivity index (χ1v) is 11.8. The molecule has 0 aliphatic heterocycles. The maximum Gasteiger partial charge on any atom is 0.262 e. The van der Waals surface area contributed by atoms with E-state index in [1.165, 1.54) is 11.3 Å². The molecule has 8 heteroatoms. The van der Waals surface area contributed by atoms with E-state index in [4.69, 9.17) is 23.2 Å². The molecule has 1 atom stereocenters. The van der Waals surface area contributed by atoms with Crippen LogP contribution in [0.15, 0.2) is 66.2 Å². The summed E-state index contributed by atoms with van der Waals surface area (Å²) in [6, 6.07) is 16.0. The monoisotopic (exact) mass is 485 g/mol. The average molecular weight is 486 g/mol. The standard InChI is InChI=1S/C24H21Cl2N3O2S/c25-17-8-7-15(19(26)13-17)9-10-27-23(30)21(29-24(31)22-6-3-11-32-22)12-16-14-28-20-5-2-1-4-18(16)20/h1-8,11,13-14,21,28H,9-10,12H2,(H,27,30)(H,29,31). The highest BCUT2D eigenvalue weighted by Gasteiger charge is 2.23. The number of carbonyl (C=O) groups excluding carboxylic acids is 2. The van der Waals surface area contributed by atoms with Crippen molar-refractivity contribution in [1.29, 1.82) is 0 Å². The van der Waals surface area contributed by atoms with Crippen molar-refractivity contribution >= 4 is 57.3 Å². The van der Waals surface area contributed by atoms with Crippen molar-refractivity contribution in [2.24, 2.45) is 0 Å². The Bertz CT molecular complexity index is 1240. The number of amides is 2. The third-order valence-electron chi connectivity index (χ3n) is 5.17. The first kappa shape index (κ1) is 22.4. The molecular weight excluding hydrogens is 465 g/mol. The predicted molar refractivity (Wildman–Crippen MR) is 131 cm³/mol. The Kier molecular flexibility index (Phi) is 7.15. The number of H-pyrrole nitrogens is 1. The number of halogens is 2. The molecule has 0 saturated carbocycles. The highest BCUT2D eigenvalue weighted by Crippen LogP contribution is 2.22. The Labute approximate surface area is 199 Å². The lowest BCUT2D eigenvalue weighted by atomic mass is 10.0. The molecule has 0 aliphatic carbocycles. The molecule has 32 heavy (non-hydrogen) atoms. The summed E-state index contributed by atoms with van der Waals surface area (Å²) in [4.78, 5) is 29.5. The molecule has 4 aromatic rings. The maximum atomic E-state index is 13.1. The molecule has 0 aliphatic rings. The quantitative estimate of drug-likeness (QED) is 0.319. The van der Waals surface area contributed by atoms with Gasteiger partial charge in [-0.2, -0.15) is 0 Å². The van der Waals surface area contributed by atoms with Crippen molar-refractivity contribution in [1.82, 2.24) is 15.6 Å². The molecule has 164 valence electrons. The van der Waals surface area contributed by atoms with Gasteiger partial charge in [0.2, 0.25) is 5.91 Å². The molecule has 0 radical (unpaired) electrons. The van der Waals surface area contributed by atoms with Gasteiger partial charge in [0, 0.05) is 40.1 Å². The van der Waals surface area contributed by atoms with Gasteiger partial charge in [0.05, 0.1) is 4.88 Å². The van der Waals surface area contributed by atoms with Crippen molar-refractivity contribution < 1.29 is 9.59 Å². The summed E-state index contributed by atoms with van der Waals surface area (Å²) >= 11 is 13.5. The molecule has 5 nitrogen and oxygen atoms in total. The van der Waals surface area contributed by atoms with Crippen LogP contribution < -0.4 is 10.6 Å². The Balaban J connectivity index is 1.47. The molecule has 3 N–H and O–H groups in total. The van der Waals surface area contributed by atoms with E-state index in [0.29, 0.717) is 34.3 Å². The van der Waals surface area contributed by atoms with Crippen molar-refractivity contribution in [3.63, 3.8) is 0 Å². The van der Waals surface area contributed by atoms with Gasteiger partial charge in [0.15, 0.2) is 0 Å². The van der Waals surface area contributed by atoms with E-state index in [9.17, 15) is 9.59 Å². The van der Waals surface area contributed by atoms with E-state index < -0.39 is 6.04 Å². The minimum absolute atomic E-state index is 0.245. The number of hydrogen-bond donors (Lipinski definition) is 3. The van der Waals surface area contributed by atoms with E-state index in [0.717, 1.165) is 22.0 Å². The normalized spacial score (nSPS) is 11.9. The lowest BCUT2D eigenvalue weighted by Gasteiger charge is -2.18. The number of nitrogens with one attached hydrogen (secondary N) is 3. The highest BCUT2D eigenvalue weighted by atomic mass is 35.5. The fourth-order valence-electron chi connectivity index (χ4n) is 3.53. The van der Waals surface area contributed by atoms with Crippen LogP contribution in [0.25, 0.3) is 10.9 Å². The molecule has 0 fully saturated rings. The molecule has 0 spiro atoms. The minimum Gasteiger partial charge on any atom is -0.361 e. The van der Waals surface area contributed by atoms with Gasteiger partial charge in [0.1, 0.15) is 6.04 Å². The zero-order chi connectivity index (χ0) is 22.5. The second kappa shape index (κ2) is 10.2. The van der Waals surface area contributed by atoms with Crippen LogP contribution in [0, 0.1) is 0 Å². The first-order chi connectivity index (χ1) is 15.5. The number of benzene rings is 2. The lowest BCUT2D eigenvalue weighted by molar-refractivity contribution is -0.122. The van der Waals surface area contributed by atoms with Crippen LogP contribution in [-0.2, 0) is 17.6 Å². The largest absolute Gasteiger partial charge is 0.361 e. The van der Waals surface area contributed by atoms with Crippen LogP contribution in [0.3, 0.4) is 0 Å². The first-order valence-electron chi connectivity index (χ1n) is 10.1. The van der Waals surface area contributed by atoms with Crippen LogP contribution in [0.2, 0.25) is 10.0 Å². The van der Waals surface area contributed by atoms with Crippen LogP contribution in [0.1, 0.15) is 20.8 Å². The van der Waals surface area contributed by atoms with Gasteiger partial charge < -0.3 is 15.6 Å². The fourth-order valence-corrected chi connectivity index (χ4v) is 4.66. The Morgan fingerprint density at radius 3 is 2.66 bits per heavy atom. The summed E-state index contributed by atoms with van der Waals surface area (Å²) in [6.45, 7) is 0.388. The molecule has 0 saturated heterocycles. The van der Waals surface area contributed by atoms with Gasteiger partial charge in [-0.15, -0.1) is 11.3 Å². The summed E-state index contributed by atoms with van der Waals surface area (Å²) in [7, 11) is 0. The van der Waals surface area contributed by atoms with Gasteiger partial charge in [0.25, 0.3) is 5.91 Å². The number of para-hydroxylation sites is 1. The number of rotatable bonds is 8.